The van der Waals surface area contributed by atoms with Gasteiger partial charge in [-0.05, 0) is 37.5 Å². The van der Waals surface area contributed by atoms with Crippen LogP contribution in [0.5, 0.6) is 0 Å². The quantitative estimate of drug-likeness (QED) is 0.731. The van der Waals surface area contributed by atoms with Crippen molar-refractivity contribution < 1.29 is 4.79 Å². The Morgan fingerprint density at radius 1 is 1.29 bits per heavy atom. The van der Waals surface area contributed by atoms with Crippen molar-refractivity contribution in [2.45, 2.75) is 32.2 Å². The number of benzene rings is 1. The van der Waals surface area contributed by atoms with Gasteiger partial charge in [0.2, 0.25) is 0 Å². The standard InChI is InChI=1S/C17H17N5OS/c1-10-13(8-18-16(19-10)12-4-5-12)17(23)22(2)9-11-3-6-14-15(7-11)21-24-20-14/h3,6-8,12H,4-5,9H2,1-2H3. The first-order chi connectivity index (χ1) is 11.6. The maximum atomic E-state index is 12.7. The molecular formula is C17H17N5OS. The fourth-order valence-electron chi connectivity index (χ4n) is 2.71. The molecule has 7 heteroatoms. The van der Waals surface area contributed by atoms with E-state index in [0.29, 0.717) is 18.0 Å². The molecule has 6 nitrogen and oxygen atoms in total. The molecule has 1 aliphatic carbocycles. The third-order valence-corrected chi connectivity index (χ3v) is 4.81. The summed E-state index contributed by atoms with van der Waals surface area (Å²) in [7, 11) is 1.79. The Labute approximate surface area is 143 Å². The van der Waals surface area contributed by atoms with Crippen molar-refractivity contribution in [1.29, 1.82) is 0 Å². The van der Waals surface area contributed by atoms with Gasteiger partial charge in [-0.1, -0.05) is 6.07 Å². The maximum Gasteiger partial charge on any atom is 0.257 e. The summed E-state index contributed by atoms with van der Waals surface area (Å²) in [5.41, 5.74) is 4.10. The predicted octanol–water partition coefficient (Wildman–Crippen LogP) is 2.94. The molecule has 1 amide bonds. The van der Waals surface area contributed by atoms with E-state index in [1.165, 1.54) is 11.7 Å². The van der Waals surface area contributed by atoms with Gasteiger partial charge in [-0.25, -0.2) is 9.97 Å². The Bertz CT molecular complexity index is 918. The molecule has 2 heterocycles. The van der Waals surface area contributed by atoms with Crippen molar-refractivity contribution in [1.82, 2.24) is 23.6 Å². The van der Waals surface area contributed by atoms with E-state index in [2.05, 4.69) is 18.7 Å². The number of aromatic nitrogens is 4. The number of carbonyl (C=O) groups is 1. The van der Waals surface area contributed by atoms with E-state index in [9.17, 15) is 4.79 Å². The van der Waals surface area contributed by atoms with Crippen LogP contribution < -0.4 is 0 Å². The van der Waals surface area contributed by atoms with Crippen molar-refractivity contribution in [3.8, 4) is 0 Å². The molecular weight excluding hydrogens is 322 g/mol. The fraction of sp³-hybridized carbons (Fsp3) is 0.353. The summed E-state index contributed by atoms with van der Waals surface area (Å²) in [6.45, 7) is 2.39. The molecule has 0 radical (unpaired) electrons. The van der Waals surface area contributed by atoms with Crippen molar-refractivity contribution >= 4 is 28.7 Å². The lowest BCUT2D eigenvalue weighted by atomic mass is 10.1. The number of amides is 1. The van der Waals surface area contributed by atoms with E-state index in [4.69, 9.17) is 0 Å². The lowest BCUT2D eigenvalue weighted by molar-refractivity contribution is 0.0783. The Morgan fingerprint density at radius 2 is 2.08 bits per heavy atom. The molecule has 1 aliphatic rings. The zero-order valence-corrected chi connectivity index (χ0v) is 14.4. The van der Waals surface area contributed by atoms with Crippen LogP contribution in [0, 0.1) is 6.92 Å². The van der Waals surface area contributed by atoms with Gasteiger partial charge in [-0.2, -0.15) is 8.75 Å². The molecule has 2 aromatic heterocycles. The van der Waals surface area contributed by atoms with Crippen molar-refractivity contribution in [2.24, 2.45) is 0 Å². The van der Waals surface area contributed by atoms with E-state index >= 15 is 0 Å². The van der Waals surface area contributed by atoms with Gasteiger partial charge in [0.25, 0.3) is 5.91 Å². The highest BCUT2D eigenvalue weighted by Crippen LogP contribution is 2.38. The summed E-state index contributed by atoms with van der Waals surface area (Å²) in [5, 5.41) is 0. The van der Waals surface area contributed by atoms with Crippen LogP contribution in [0.15, 0.2) is 24.4 Å². The molecule has 1 saturated carbocycles. The van der Waals surface area contributed by atoms with Gasteiger partial charge >= 0.3 is 0 Å². The van der Waals surface area contributed by atoms with Gasteiger partial charge in [0.1, 0.15) is 16.9 Å². The molecule has 0 saturated heterocycles. The highest BCUT2D eigenvalue weighted by atomic mass is 32.1. The Hall–Kier alpha value is -2.41. The summed E-state index contributed by atoms with van der Waals surface area (Å²) in [6, 6.07) is 5.89. The topological polar surface area (TPSA) is 71.9 Å². The number of carbonyl (C=O) groups excluding carboxylic acids is 1. The molecule has 0 bridgehead atoms. The van der Waals surface area contributed by atoms with Crippen molar-refractivity contribution in [3.05, 3.63) is 47.0 Å². The second kappa shape index (κ2) is 5.90. The molecule has 3 aromatic rings. The maximum absolute atomic E-state index is 12.7. The number of fused-ring (bicyclic) bond motifs is 1. The van der Waals surface area contributed by atoms with Crippen LogP contribution in [0.25, 0.3) is 11.0 Å². The number of nitrogens with zero attached hydrogens (tertiary/aromatic N) is 5. The lowest BCUT2D eigenvalue weighted by Crippen LogP contribution is -2.27. The molecule has 0 atom stereocenters. The molecule has 1 fully saturated rings. The van der Waals surface area contributed by atoms with Crippen molar-refractivity contribution in [2.75, 3.05) is 7.05 Å². The predicted molar refractivity (Wildman–Crippen MR) is 92.0 cm³/mol. The summed E-state index contributed by atoms with van der Waals surface area (Å²) < 4.78 is 8.44. The number of rotatable bonds is 4. The third kappa shape index (κ3) is 2.87. The van der Waals surface area contributed by atoms with Gasteiger partial charge < -0.3 is 4.90 Å². The van der Waals surface area contributed by atoms with Gasteiger partial charge in [0.05, 0.1) is 23.0 Å². The molecule has 122 valence electrons. The second-order valence-electron chi connectivity index (χ2n) is 6.25. The minimum absolute atomic E-state index is 0.0636. The van der Waals surface area contributed by atoms with Gasteiger partial charge in [-0.15, -0.1) is 0 Å². The zero-order valence-electron chi connectivity index (χ0n) is 13.6. The first kappa shape index (κ1) is 15.1. The zero-order chi connectivity index (χ0) is 16.7. The second-order valence-corrected chi connectivity index (χ2v) is 6.78. The van der Waals surface area contributed by atoms with Crippen LogP contribution >= 0.6 is 11.7 Å². The summed E-state index contributed by atoms with van der Waals surface area (Å²) in [4.78, 5) is 23.3. The van der Waals surface area contributed by atoms with Gasteiger partial charge in [-0.3, -0.25) is 4.79 Å². The number of aryl methyl sites for hydroxylation is 1. The van der Waals surface area contributed by atoms with Gasteiger partial charge in [0, 0.05) is 25.7 Å². The van der Waals surface area contributed by atoms with E-state index in [1.54, 1.807) is 18.1 Å². The molecule has 4 rings (SSSR count). The summed E-state index contributed by atoms with van der Waals surface area (Å²) >= 11 is 1.20. The molecule has 0 unspecified atom stereocenters. The number of hydrogen-bond acceptors (Lipinski definition) is 6. The van der Waals surface area contributed by atoms with E-state index in [1.807, 2.05) is 25.1 Å². The van der Waals surface area contributed by atoms with Crippen LogP contribution in [0.3, 0.4) is 0 Å². The minimum Gasteiger partial charge on any atom is -0.337 e. The van der Waals surface area contributed by atoms with Crippen molar-refractivity contribution in [3.63, 3.8) is 0 Å². The Balaban J connectivity index is 1.52. The van der Waals surface area contributed by atoms with Crippen LogP contribution in [-0.2, 0) is 6.54 Å². The lowest BCUT2D eigenvalue weighted by Gasteiger charge is -2.18. The summed E-state index contributed by atoms with van der Waals surface area (Å²) in [6.07, 6.45) is 3.98. The molecule has 0 spiro atoms. The first-order valence-corrected chi connectivity index (χ1v) is 8.65. The van der Waals surface area contributed by atoms with E-state index in [-0.39, 0.29) is 5.91 Å². The van der Waals surface area contributed by atoms with Crippen LogP contribution in [0.2, 0.25) is 0 Å². The molecule has 24 heavy (non-hydrogen) atoms. The SMILES string of the molecule is Cc1nc(C2CC2)ncc1C(=O)N(C)Cc1ccc2nsnc2c1. The Kier molecular flexibility index (Phi) is 3.72. The van der Waals surface area contributed by atoms with E-state index in [0.717, 1.165) is 41.0 Å². The fourth-order valence-corrected chi connectivity index (χ4v) is 3.23. The first-order valence-electron chi connectivity index (χ1n) is 7.92. The van der Waals surface area contributed by atoms with E-state index < -0.39 is 0 Å². The Morgan fingerprint density at radius 3 is 2.83 bits per heavy atom. The molecule has 1 aromatic carbocycles. The highest BCUT2D eigenvalue weighted by molar-refractivity contribution is 7.00. The normalized spacial score (nSPS) is 14.1. The smallest absolute Gasteiger partial charge is 0.257 e. The molecule has 0 N–H and O–H groups in total. The van der Waals surface area contributed by atoms with Crippen LogP contribution in [0.4, 0.5) is 0 Å². The van der Waals surface area contributed by atoms with Crippen LogP contribution in [-0.4, -0.2) is 36.6 Å². The third-order valence-electron chi connectivity index (χ3n) is 4.26. The summed E-state index contributed by atoms with van der Waals surface area (Å²) in [5.74, 6) is 1.29. The van der Waals surface area contributed by atoms with Gasteiger partial charge in [0.15, 0.2) is 0 Å². The average Bonchev–Trinajstić information content (AvgIpc) is 3.32. The van der Waals surface area contributed by atoms with Crippen LogP contribution in [0.1, 0.15) is 46.2 Å². The highest BCUT2D eigenvalue weighted by Gasteiger charge is 2.27. The molecule has 0 aliphatic heterocycles. The average molecular weight is 339 g/mol. The monoisotopic (exact) mass is 339 g/mol. The largest absolute Gasteiger partial charge is 0.337 e. The minimum atomic E-state index is -0.0636. The number of hydrogen-bond donors (Lipinski definition) is 0.